The van der Waals surface area contributed by atoms with Crippen molar-refractivity contribution in [1.82, 2.24) is 10.2 Å². The Kier molecular flexibility index (Phi) is 5.46. The van der Waals surface area contributed by atoms with Gasteiger partial charge in [-0.15, -0.1) is 0 Å². The van der Waals surface area contributed by atoms with Gasteiger partial charge < -0.3 is 15.0 Å². The van der Waals surface area contributed by atoms with E-state index in [-0.39, 0.29) is 6.09 Å². The van der Waals surface area contributed by atoms with Gasteiger partial charge in [0.2, 0.25) is 0 Å². The van der Waals surface area contributed by atoms with Crippen molar-refractivity contribution in [2.75, 3.05) is 19.6 Å². The Bertz CT molecular complexity index is 482. The van der Waals surface area contributed by atoms with E-state index in [1.54, 1.807) is 0 Å². The fourth-order valence-electron chi connectivity index (χ4n) is 2.69. The van der Waals surface area contributed by atoms with Crippen molar-refractivity contribution in [2.24, 2.45) is 5.92 Å². The molecule has 2 atom stereocenters. The first-order valence-electron chi connectivity index (χ1n) is 8.11. The van der Waals surface area contributed by atoms with E-state index in [0.29, 0.717) is 12.0 Å². The number of carbonyl (C=O) groups excluding carboxylic acids is 1. The minimum Gasteiger partial charge on any atom is -0.444 e. The van der Waals surface area contributed by atoms with Crippen molar-refractivity contribution in [3.05, 3.63) is 35.9 Å². The van der Waals surface area contributed by atoms with Crippen LogP contribution in [0.25, 0.3) is 0 Å². The van der Waals surface area contributed by atoms with E-state index in [0.717, 1.165) is 26.1 Å². The summed E-state index contributed by atoms with van der Waals surface area (Å²) in [6.45, 7) is 10.4. The lowest BCUT2D eigenvalue weighted by Crippen LogP contribution is -2.36. The first-order chi connectivity index (χ1) is 10.3. The fourth-order valence-corrected chi connectivity index (χ4v) is 2.69. The van der Waals surface area contributed by atoms with E-state index in [1.165, 1.54) is 5.56 Å². The molecule has 0 radical (unpaired) electrons. The molecule has 1 amide bonds. The number of rotatable bonds is 4. The summed E-state index contributed by atoms with van der Waals surface area (Å²) in [6.07, 6.45) is 0.847. The van der Waals surface area contributed by atoms with Gasteiger partial charge >= 0.3 is 6.09 Å². The van der Waals surface area contributed by atoms with E-state index < -0.39 is 5.60 Å². The van der Waals surface area contributed by atoms with Crippen molar-refractivity contribution < 1.29 is 9.53 Å². The van der Waals surface area contributed by atoms with Crippen LogP contribution in [0.4, 0.5) is 4.79 Å². The summed E-state index contributed by atoms with van der Waals surface area (Å²) in [5.41, 5.74) is 0.874. The van der Waals surface area contributed by atoms with E-state index >= 15 is 0 Å². The molecule has 1 aromatic carbocycles. The van der Waals surface area contributed by atoms with Crippen molar-refractivity contribution >= 4 is 6.09 Å². The highest BCUT2D eigenvalue weighted by Crippen LogP contribution is 2.20. The number of hydrogen-bond donors (Lipinski definition) is 1. The van der Waals surface area contributed by atoms with Crippen molar-refractivity contribution in [3.8, 4) is 0 Å². The molecule has 2 rings (SSSR count). The molecule has 0 aliphatic carbocycles. The van der Waals surface area contributed by atoms with Crippen LogP contribution in [0, 0.1) is 5.92 Å². The Labute approximate surface area is 133 Å². The Morgan fingerprint density at radius 2 is 2.05 bits per heavy atom. The highest BCUT2D eigenvalue weighted by atomic mass is 16.6. The van der Waals surface area contributed by atoms with Gasteiger partial charge in [-0.25, -0.2) is 4.79 Å². The standard InChI is InChI=1S/C18H28N2O2/c1-14(16-8-6-5-7-9-16)19-12-15-10-11-20(13-15)17(21)22-18(2,3)4/h5-9,14-15,19H,10-13H2,1-4H3. The highest BCUT2D eigenvalue weighted by molar-refractivity contribution is 5.68. The number of carbonyl (C=O) groups is 1. The van der Waals surface area contributed by atoms with Crippen LogP contribution in [-0.2, 0) is 4.74 Å². The van der Waals surface area contributed by atoms with Gasteiger partial charge in [0, 0.05) is 25.7 Å². The average Bonchev–Trinajstić information content (AvgIpc) is 2.93. The smallest absolute Gasteiger partial charge is 0.410 e. The number of amides is 1. The number of nitrogens with zero attached hydrogens (tertiary/aromatic N) is 1. The van der Waals surface area contributed by atoms with Crippen LogP contribution in [0.5, 0.6) is 0 Å². The second-order valence-corrected chi connectivity index (χ2v) is 7.12. The second-order valence-electron chi connectivity index (χ2n) is 7.12. The van der Waals surface area contributed by atoms with Crippen LogP contribution in [0.1, 0.15) is 45.7 Å². The maximum atomic E-state index is 12.0. The third kappa shape index (κ3) is 5.02. The lowest BCUT2D eigenvalue weighted by Gasteiger charge is -2.24. The second kappa shape index (κ2) is 7.14. The Morgan fingerprint density at radius 1 is 1.36 bits per heavy atom. The molecule has 1 N–H and O–H groups in total. The molecule has 2 unspecified atom stereocenters. The molecule has 1 heterocycles. The summed E-state index contributed by atoms with van der Waals surface area (Å²) in [6, 6.07) is 10.8. The van der Waals surface area contributed by atoms with Crippen LogP contribution in [0.2, 0.25) is 0 Å². The molecule has 122 valence electrons. The SMILES string of the molecule is CC(NCC1CCN(C(=O)OC(C)(C)C)C1)c1ccccc1. The van der Waals surface area contributed by atoms with Crippen molar-refractivity contribution in [1.29, 1.82) is 0 Å². The van der Waals surface area contributed by atoms with Gasteiger partial charge in [0.05, 0.1) is 0 Å². The van der Waals surface area contributed by atoms with E-state index in [9.17, 15) is 4.79 Å². The van der Waals surface area contributed by atoms with Crippen molar-refractivity contribution in [2.45, 2.75) is 45.8 Å². The molecule has 0 spiro atoms. The van der Waals surface area contributed by atoms with E-state index in [2.05, 4.69) is 36.5 Å². The summed E-state index contributed by atoms with van der Waals surface area (Å²) < 4.78 is 5.43. The van der Waals surface area contributed by atoms with Gasteiger partial charge in [-0.2, -0.15) is 0 Å². The molecule has 0 bridgehead atoms. The molecular formula is C18H28N2O2. The van der Waals surface area contributed by atoms with E-state index in [1.807, 2.05) is 31.7 Å². The first-order valence-corrected chi connectivity index (χ1v) is 8.11. The Balaban J connectivity index is 1.76. The molecule has 0 saturated carbocycles. The van der Waals surface area contributed by atoms with Crippen molar-refractivity contribution in [3.63, 3.8) is 0 Å². The third-order valence-corrected chi connectivity index (χ3v) is 3.95. The molecule has 1 aromatic rings. The molecule has 0 aromatic heterocycles. The van der Waals surface area contributed by atoms with Crippen LogP contribution in [-0.4, -0.2) is 36.2 Å². The molecule has 4 heteroatoms. The highest BCUT2D eigenvalue weighted by Gasteiger charge is 2.29. The number of nitrogens with one attached hydrogen (secondary N) is 1. The first kappa shape index (κ1) is 16.8. The lowest BCUT2D eigenvalue weighted by molar-refractivity contribution is 0.0288. The van der Waals surface area contributed by atoms with Gasteiger partial charge in [0.25, 0.3) is 0 Å². The molecule has 4 nitrogen and oxygen atoms in total. The zero-order valence-electron chi connectivity index (χ0n) is 14.1. The molecule has 1 aliphatic heterocycles. The van der Waals surface area contributed by atoms with Gasteiger partial charge in [0.1, 0.15) is 5.60 Å². The number of likely N-dealkylation sites (tertiary alicyclic amines) is 1. The summed E-state index contributed by atoms with van der Waals surface area (Å²) in [4.78, 5) is 13.9. The third-order valence-electron chi connectivity index (χ3n) is 3.95. The van der Waals surface area contributed by atoms with Crippen LogP contribution in [0.3, 0.4) is 0 Å². The quantitative estimate of drug-likeness (QED) is 0.924. The predicted octanol–water partition coefficient (Wildman–Crippen LogP) is 3.59. The summed E-state index contributed by atoms with van der Waals surface area (Å²) in [5, 5.41) is 3.57. The van der Waals surface area contributed by atoms with Gasteiger partial charge in [-0.3, -0.25) is 0 Å². The summed E-state index contributed by atoms with van der Waals surface area (Å²) in [5.74, 6) is 0.499. The molecule has 1 fully saturated rings. The van der Waals surface area contributed by atoms with E-state index in [4.69, 9.17) is 4.74 Å². The predicted molar refractivity (Wildman–Crippen MR) is 88.8 cm³/mol. The summed E-state index contributed by atoms with van der Waals surface area (Å²) >= 11 is 0. The molecule has 1 aliphatic rings. The van der Waals surface area contributed by atoms with Crippen LogP contribution < -0.4 is 5.32 Å². The molecule has 22 heavy (non-hydrogen) atoms. The van der Waals surface area contributed by atoms with Gasteiger partial charge in [-0.05, 0) is 45.6 Å². The largest absolute Gasteiger partial charge is 0.444 e. The lowest BCUT2D eigenvalue weighted by atomic mass is 10.1. The summed E-state index contributed by atoms with van der Waals surface area (Å²) in [7, 11) is 0. The normalized spacial score (nSPS) is 20.0. The fraction of sp³-hybridized carbons (Fsp3) is 0.611. The van der Waals surface area contributed by atoms with Crippen LogP contribution in [0.15, 0.2) is 30.3 Å². The number of hydrogen-bond acceptors (Lipinski definition) is 3. The zero-order chi connectivity index (χ0) is 16.2. The minimum absolute atomic E-state index is 0.189. The number of benzene rings is 1. The van der Waals surface area contributed by atoms with Crippen LogP contribution >= 0.6 is 0 Å². The minimum atomic E-state index is -0.421. The maximum absolute atomic E-state index is 12.0. The number of ether oxygens (including phenoxy) is 1. The average molecular weight is 304 g/mol. The van der Waals surface area contributed by atoms with Gasteiger partial charge in [0.15, 0.2) is 0 Å². The Hall–Kier alpha value is -1.55. The van der Waals surface area contributed by atoms with Gasteiger partial charge in [-0.1, -0.05) is 30.3 Å². The molecule has 1 saturated heterocycles. The monoisotopic (exact) mass is 304 g/mol. The zero-order valence-corrected chi connectivity index (χ0v) is 14.1. The maximum Gasteiger partial charge on any atom is 0.410 e. The Morgan fingerprint density at radius 3 is 2.68 bits per heavy atom. The molecular weight excluding hydrogens is 276 g/mol. The topological polar surface area (TPSA) is 41.6 Å².